The number of furan rings is 1. The van der Waals surface area contributed by atoms with E-state index in [-0.39, 0.29) is 17.4 Å². The molecule has 1 aromatic heterocycles. The van der Waals surface area contributed by atoms with Crippen LogP contribution in [0.25, 0.3) is 0 Å². The van der Waals surface area contributed by atoms with Gasteiger partial charge in [-0.1, -0.05) is 0 Å². The highest BCUT2D eigenvalue weighted by Gasteiger charge is 2.14. The van der Waals surface area contributed by atoms with Gasteiger partial charge in [0.2, 0.25) is 0 Å². The molecular formula is C12H10BrFN2O3. The SMILES string of the molecule is CC(Nc1ccc([N+](=O)[O-])cc1F)c1ccc(Br)o1. The quantitative estimate of drug-likeness (QED) is 0.672. The molecule has 19 heavy (non-hydrogen) atoms. The summed E-state index contributed by atoms with van der Waals surface area (Å²) in [6.45, 7) is 1.80. The van der Waals surface area contributed by atoms with Crippen molar-refractivity contribution in [1.29, 1.82) is 0 Å². The molecule has 0 aliphatic carbocycles. The van der Waals surface area contributed by atoms with Gasteiger partial charge >= 0.3 is 0 Å². The highest BCUT2D eigenvalue weighted by molar-refractivity contribution is 9.10. The van der Waals surface area contributed by atoms with E-state index < -0.39 is 10.7 Å². The van der Waals surface area contributed by atoms with Crippen LogP contribution in [0, 0.1) is 15.9 Å². The summed E-state index contributed by atoms with van der Waals surface area (Å²) in [7, 11) is 0. The van der Waals surface area contributed by atoms with Crippen molar-refractivity contribution in [2.75, 3.05) is 5.32 Å². The van der Waals surface area contributed by atoms with Gasteiger partial charge in [-0.2, -0.15) is 0 Å². The lowest BCUT2D eigenvalue weighted by Gasteiger charge is -2.13. The van der Waals surface area contributed by atoms with Crippen molar-refractivity contribution in [3.8, 4) is 0 Å². The van der Waals surface area contributed by atoms with Crippen LogP contribution in [0.5, 0.6) is 0 Å². The Labute approximate surface area is 116 Å². The zero-order valence-electron chi connectivity index (χ0n) is 9.89. The highest BCUT2D eigenvalue weighted by Crippen LogP contribution is 2.26. The van der Waals surface area contributed by atoms with E-state index in [1.807, 2.05) is 0 Å². The zero-order chi connectivity index (χ0) is 14.0. The Morgan fingerprint density at radius 2 is 2.16 bits per heavy atom. The molecular weight excluding hydrogens is 319 g/mol. The second kappa shape index (κ2) is 5.40. The summed E-state index contributed by atoms with van der Waals surface area (Å²) >= 11 is 3.18. The summed E-state index contributed by atoms with van der Waals surface area (Å²) in [4.78, 5) is 9.87. The normalized spacial score (nSPS) is 12.2. The molecule has 0 aliphatic heterocycles. The van der Waals surface area contributed by atoms with Gasteiger partial charge in [0.25, 0.3) is 5.69 Å². The summed E-state index contributed by atoms with van der Waals surface area (Å²) < 4.78 is 19.6. The third kappa shape index (κ3) is 3.11. The fraction of sp³-hybridized carbons (Fsp3) is 0.167. The summed E-state index contributed by atoms with van der Waals surface area (Å²) in [6, 6.07) is 6.69. The molecule has 0 radical (unpaired) electrons. The molecule has 2 aromatic rings. The van der Waals surface area contributed by atoms with Crippen LogP contribution in [-0.4, -0.2) is 4.92 Å². The van der Waals surface area contributed by atoms with Crippen LogP contribution in [0.4, 0.5) is 15.8 Å². The number of halogens is 2. The van der Waals surface area contributed by atoms with E-state index in [0.717, 1.165) is 6.07 Å². The second-order valence-corrected chi connectivity index (χ2v) is 4.71. The first-order chi connectivity index (χ1) is 8.97. The van der Waals surface area contributed by atoms with Gasteiger partial charge in [-0.05, 0) is 41.1 Å². The molecule has 0 fully saturated rings. The van der Waals surface area contributed by atoms with E-state index in [0.29, 0.717) is 10.4 Å². The first-order valence-electron chi connectivity index (χ1n) is 5.43. The number of benzene rings is 1. The number of non-ortho nitro benzene ring substituents is 1. The van der Waals surface area contributed by atoms with Crippen LogP contribution in [0.2, 0.25) is 0 Å². The number of hydrogen-bond acceptors (Lipinski definition) is 4. The molecule has 0 aliphatic rings. The molecule has 0 spiro atoms. The lowest BCUT2D eigenvalue weighted by molar-refractivity contribution is -0.385. The average Bonchev–Trinajstić information content (AvgIpc) is 2.78. The standard InChI is InChI=1S/C12H10BrFN2O3/c1-7(11-4-5-12(13)19-11)15-10-3-2-8(16(17)18)6-9(10)14/h2-7,15H,1H3. The predicted octanol–water partition coefficient (Wildman–Crippen LogP) is 4.26. The first kappa shape index (κ1) is 13.5. The van der Waals surface area contributed by atoms with Crippen molar-refractivity contribution in [2.24, 2.45) is 0 Å². The van der Waals surface area contributed by atoms with Gasteiger partial charge in [-0.3, -0.25) is 10.1 Å². The molecule has 0 saturated carbocycles. The third-order valence-corrected chi connectivity index (χ3v) is 2.98. The minimum atomic E-state index is -0.674. The number of nitro benzene ring substituents is 1. The molecule has 100 valence electrons. The molecule has 0 bridgehead atoms. The fourth-order valence-electron chi connectivity index (χ4n) is 1.60. The van der Waals surface area contributed by atoms with E-state index >= 15 is 0 Å². The van der Waals surface area contributed by atoms with Gasteiger partial charge in [0.15, 0.2) is 10.5 Å². The topological polar surface area (TPSA) is 68.3 Å². The van der Waals surface area contributed by atoms with Gasteiger partial charge in [-0.25, -0.2) is 4.39 Å². The Bertz CT molecular complexity index is 615. The van der Waals surface area contributed by atoms with E-state index in [1.165, 1.54) is 12.1 Å². The minimum absolute atomic E-state index is 0.186. The monoisotopic (exact) mass is 328 g/mol. The van der Waals surface area contributed by atoms with E-state index in [4.69, 9.17) is 4.42 Å². The van der Waals surface area contributed by atoms with Gasteiger partial charge in [0.1, 0.15) is 5.76 Å². The lowest BCUT2D eigenvalue weighted by atomic mass is 10.2. The number of nitrogens with zero attached hydrogens (tertiary/aromatic N) is 1. The van der Waals surface area contributed by atoms with Gasteiger partial charge in [0, 0.05) is 6.07 Å². The van der Waals surface area contributed by atoms with Gasteiger partial charge < -0.3 is 9.73 Å². The number of rotatable bonds is 4. The van der Waals surface area contributed by atoms with Crippen molar-refractivity contribution in [3.05, 3.63) is 56.7 Å². The maximum Gasteiger partial charge on any atom is 0.272 e. The Morgan fingerprint density at radius 1 is 1.42 bits per heavy atom. The Balaban J connectivity index is 2.17. The summed E-state index contributed by atoms with van der Waals surface area (Å²) in [5.41, 5.74) is -0.0953. The molecule has 0 amide bonds. The first-order valence-corrected chi connectivity index (χ1v) is 6.22. The smallest absolute Gasteiger partial charge is 0.272 e. The Morgan fingerprint density at radius 3 is 2.68 bits per heavy atom. The van der Waals surface area contributed by atoms with Crippen molar-refractivity contribution in [1.82, 2.24) is 0 Å². The molecule has 1 aromatic carbocycles. The molecule has 1 atom stereocenters. The van der Waals surface area contributed by atoms with Crippen LogP contribution in [0.15, 0.2) is 39.4 Å². The maximum atomic E-state index is 13.7. The van der Waals surface area contributed by atoms with Crippen LogP contribution >= 0.6 is 15.9 Å². The highest BCUT2D eigenvalue weighted by atomic mass is 79.9. The number of hydrogen-bond donors (Lipinski definition) is 1. The van der Waals surface area contributed by atoms with Crippen molar-refractivity contribution in [3.63, 3.8) is 0 Å². The number of anilines is 1. The fourth-order valence-corrected chi connectivity index (χ4v) is 1.92. The van der Waals surface area contributed by atoms with Crippen molar-refractivity contribution in [2.45, 2.75) is 13.0 Å². The molecule has 0 saturated heterocycles. The van der Waals surface area contributed by atoms with Crippen molar-refractivity contribution < 1.29 is 13.7 Å². The largest absolute Gasteiger partial charge is 0.452 e. The lowest BCUT2D eigenvalue weighted by Crippen LogP contribution is -2.07. The summed E-state index contributed by atoms with van der Waals surface area (Å²) in [5.74, 6) is -0.0451. The predicted molar refractivity (Wildman–Crippen MR) is 71.5 cm³/mol. The maximum absolute atomic E-state index is 13.7. The molecule has 1 heterocycles. The molecule has 7 heteroatoms. The molecule has 2 rings (SSSR count). The Hall–Kier alpha value is -1.89. The van der Waals surface area contributed by atoms with Gasteiger partial charge in [-0.15, -0.1) is 0 Å². The summed E-state index contributed by atoms with van der Waals surface area (Å²) in [5, 5.41) is 13.4. The second-order valence-electron chi connectivity index (χ2n) is 3.93. The minimum Gasteiger partial charge on any atom is -0.452 e. The van der Waals surface area contributed by atoms with Crippen LogP contribution < -0.4 is 5.32 Å². The zero-order valence-corrected chi connectivity index (χ0v) is 11.5. The Kier molecular flexibility index (Phi) is 3.84. The molecule has 1 unspecified atom stereocenters. The molecule has 1 N–H and O–H groups in total. The van der Waals surface area contributed by atoms with Crippen LogP contribution in [0.1, 0.15) is 18.7 Å². The van der Waals surface area contributed by atoms with Crippen molar-refractivity contribution >= 4 is 27.3 Å². The number of nitro groups is 1. The summed E-state index contributed by atoms with van der Waals surface area (Å²) in [6.07, 6.45) is 0. The third-order valence-electron chi connectivity index (χ3n) is 2.56. The molecule has 5 nitrogen and oxygen atoms in total. The van der Waals surface area contributed by atoms with Crippen LogP contribution in [0.3, 0.4) is 0 Å². The van der Waals surface area contributed by atoms with E-state index in [2.05, 4.69) is 21.2 Å². The van der Waals surface area contributed by atoms with E-state index in [1.54, 1.807) is 19.1 Å². The average molecular weight is 329 g/mol. The van der Waals surface area contributed by atoms with E-state index in [9.17, 15) is 14.5 Å². The van der Waals surface area contributed by atoms with Gasteiger partial charge in [0.05, 0.1) is 22.7 Å². The van der Waals surface area contributed by atoms with Crippen LogP contribution in [-0.2, 0) is 0 Å². The number of nitrogens with one attached hydrogen (secondary N) is 1.